The van der Waals surface area contributed by atoms with Gasteiger partial charge < -0.3 is 19.5 Å². The molecule has 3 rings (SSSR count). The van der Waals surface area contributed by atoms with Crippen molar-refractivity contribution in [1.29, 1.82) is 0 Å². The summed E-state index contributed by atoms with van der Waals surface area (Å²) < 4.78 is 17.1. The van der Waals surface area contributed by atoms with Crippen molar-refractivity contribution in [2.24, 2.45) is 0 Å². The normalized spacial score (nSPS) is 13.1. The minimum atomic E-state index is -0.231. The Morgan fingerprint density at radius 2 is 1.91 bits per heavy atom. The van der Waals surface area contributed by atoms with E-state index in [-0.39, 0.29) is 5.91 Å². The molecule has 0 atom stereocenters. The van der Waals surface area contributed by atoms with Crippen LogP contribution in [-0.2, 0) is 0 Å². The molecule has 1 N–H and O–H groups in total. The Morgan fingerprint density at radius 3 is 2.70 bits per heavy atom. The minimum Gasteiger partial charge on any atom is -0.497 e. The van der Waals surface area contributed by atoms with Crippen molar-refractivity contribution in [1.82, 2.24) is 0 Å². The number of nitrogens with one attached hydrogen (secondary N) is 1. The van der Waals surface area contributed by atoms with Gasteiger partial charge in [0.2, 0.25) is 0 Å². The number of benzene rings is 2. The number of hydrogen-bond donors (Lipinski definition) is 1. The van der Waals surface area contributed by atoms with Gasteiger partial charge in [-0.2, -0.15) is 0 Å². The lowest BCUT2D eigenvalue weighted by molar-refractivity contribution is 0.102. The van der Waals surface area contributed by atoms with Crippen LogP contribution in [0.5, 0.6) is 17.2 Å². The molecule has 0 radical (unpaired) electrons. The molecule has 0 aliphatic carbocycles. The molecule has 1 aliphatic heterocycles. The topological polar surface area (TPSA) is 56.8 Å². The molecule has 1 heterocycles. The molecule has 2 aromatic rings. The maximum absolute atomic E-state index is 12.5. The number of carbonyl (C=O) groups is 1. The van der Waals surface area contributed by atoms with Crippen LogP contribution < -0.4 is 19.5 Å². The molecule has 23 heavy (non-hydrogen) atoms. The molecule has 0 fully saturated rings. The van der Waals surface area contributed by atoms with Crippen LogP contribution in [0.3, 0.4) is 0 Å². The van der Waals surface area contributed by atoms with Crippen LogP contribution >= 0.6 is 15.9 Å². The highest BCUT2D eigenvalue weighted by atomic mass is 79.9. The van der Waals surface area contributed by atoms with E-state index in [0.717, 1.165) is 6.42 Å². The van der Waals surface area contributed by atoms with Crippen molar-refractivity contribution in [2.45, 2.75) is 6.42 Å². The molecule has 0 saturated carbocycles. The second kappa shape index (κ2) is 6.91. The van der Waals surface area contributed by atoms with Gasteiger partial charge in [-0.1, -0.05) is 0 Å². The van der Waals surface area contributed by atoms with Gasteiger partial charge in [0.05, 0.1) is 25.9 Å². The van der Waals surface area contributed by atoms with Gasteiger partial charge in [-0.3, -0.25) is 4.79 Å². The van der Waals surface area contributed by atoms with E-state index in [4.69, 9.17) is 14.2 Å². The van der Waals surface area contributed by atoms with Gasteiger partial charge in [-0.25, -0.2) is 0 Å². The number of carbonyl (C=O) groups excluding carboxylic acids is 1. The Bertz CT molecular complexity index is 733. The first-order valence-corrected chi connectivity index (χ1v) is 8.01. The Kier molecular flexibility index (Phi) is 4.71. The largest absolute Gasteiger partial charge is 0.497 e. The summed E-state index contributed by atoms with van der Waals surface area (Å²) in [6.45, 7) is 1.24. The average molecular weight is 378 g/mol. The zero-order valence-electron chi connectivity index (χ0n) is 12.6. The third-order valence-electron chi connectivity index (χ3n) is 3.42. The lowest BCUT2D eigenvalue weighted by Crippen LogP contribution is -2.13. The monoisotopic (exact) mass is 377 g/mol. The molecular weight excluding hydrogens is 362 g/mol. The number of rotatable bonds is 3. The van der Waals surface area contributed by atoms with E-state index in [2.05, 4.69) is 21.2 Å². The van der Waals surface area contributed by atoms with Crippen LogP contribution in [0.25, 0.3) is 0 Å². The molecule has 0 spiro atoms. The molecule has 0 bridgehead atoms. The van der Waals surface area contributed by atoms with Gasteiger partial charge in [-0.05, 0) is 46.3 Å². The summed E-state index contributed by atoms with van der Waals surface area (Å²) in [4.78, 5) is 12.5. The van der Waals surface area contributed by atoms with Crippen LogP contribution in [0, 0.1) is 0 Å². The summed E-state index contributed by atoms with van der Waals surface area (Å²) in [5, 5.41) is 2.86. The molecule has 6 heteroatoms. The molecule has 0 saturated heterocycles. The fourth-order valence-electron chi connectivity index (χ4n) is 2.24. The summed E-state index contributed by atoms with van der Waals surface area (Å²) in [5.74, 6) is 1.73. The van der Waals surface area contributed by atoms with Gasteiger partial charge in [-0.15, -0.1) is 0 Å². The number of ether oxygens (including phenoxy) is 3. The van der Waals surface area contributed by atoms with Crippen LogP contribution in [0.2, 0.25) is 0 Å². The molecule has 1 amide bonds. The van der Waals surface area contributed by atoms with Gasteiger partial charge in [0.1, 0.15) is 5.75 Å². The molecule has 5 nitrogen and oxygen atoms in total. The first kappa shape index (κ1) is 15.7. The number of hydrogen-bond acceptors (Lipinski definition) is 4. The lowest BCUT2D eigenvalue weighted by atomic mass is 10.2. The highest BCUT2D eigenvalue weighted by Crippen LogP contribution is 2.32. The molecular formula is C17H16BrNO4. The maximum Gasteiger partial charge on any atom is 0.256 e. The first-order valence-electron chi connectivity index (χ1n) is 7.22. The molecule has 1 aliphatic rings. The van der Waals surface area contributed by atoms with E-state index in [1.165, 1.54) is 0 Å². The standard InChI is InChI=1S/C17H16BrNO4/c1-21-12-4-5-14(18)13(10-12)17(20)19-11-3-6-15-16(9-11)23-8-2-7-22-15/h3-6,9-10H,2,7-8H2,1H3,(H,19,20). The number of amides is 1. The van der Waals surface area contributed by atoms with E-state index in [0.29, 0.717) is 46.2 Å². The van der Waals surface area contributed by atoms with Gasteiger partial charge in [0.15, 0.2) is 11.5 Å². The molecule has 0 aromatic heterocycles. The highest BCUT2D eigenvalue weighted by molar-refractivity contribution is 9.10. The molecule has 0 unspecified atom stereocenters. The number of anilines is 1. The zero-order chi connectivity index (χ0) is 16.2. The van der Waals surface area contributed by atoms with Crippen molar-refractivity contribution in [3.8, 4) is 17.2 Å². The average Bonchev–Trinajstić information content (AvgIpc) is 2.80. The first-order chi connectivity index (χ1) is 11.2. The SMILES string of the molecule is COc1ccc(Br)c(C(=O)Nc2ccc3c(c2)OCCCO3)c1. The number of halogens is 1. The van der Waals surface area contributed by atoms with Crippen molar-refractivity contribution in [3.63, 3.8) is 0 Å². The number of methoxy groups -OCH3 is 1. The summed E-state index contributed by atoms with van der Waals surface area (Å²) in [6.07, 6.45) is 0.840. The second-order valence-electron chi connectivity index (χ2n) is 5.01. The Labute approximate surface area is 142 Å². The van der Waals surface area contributed by atoms with E-state index in [1.54, 1.807) is 43.5 Å². The summed E-state index contributed by atoms with van der Waals surface area (Å²) >= 11 is 3.38. The third kappa shape index (κ3) is 3.59. The Morgan fingerprint density at radius 1 is 1.13 bits per heavy atom. The Hall–Kier alpha value is -2.21. The van der Waals surface area contributed by atoms with Crippen molar-refractivity contribution in [2.75, 3.05) is 25.6 Å². The van der Waals surface area contributed by atoms with E-state index < -0.39 is 0 Å². The second-order valence-corrected chi connectivity index (χ2v) is 5.87. The summed E-state index contributed by atoms with van der Waals surface area (Å²) in [7, 11) is 1.56. The van der Waals surface area contributed by atoms with E-state index >= 15 is 0 Å². The van der Waals surface area contributed by atoms with Crippen LogP contribution in [-0.4, -0.2) is 26.2 Å². The van der Waals surface area contributed by atoms with Crippen LogP contribution in [0.15, 0.2) is 40.9 Å². The minimum absolute atomic E-state index is 0.231. The smallest absolute Gasteiger partial charge is 0.256 e. The predicted octanol–water partition coefficient (Wildman–Crippen LogP) is 3.87. The molecule has 2 aromatic carbocycles. The number of fused-ring (bicyclic) bond motifs is 1. The van der Waals surface area contributed by atoms with Crippen LogP contribution in [0.1, 0.15) is 16.8 Å². The molecule has 120 valence electrons. The van der Waals surface area contributed by atoms with E-state index in [9.17, 15) is 4.79 Å². The van der Waals surface area contributed by atoms with Crippen LogP contribution in [0.4, 0.5) is 5.69 Å². The van der Waals surface area contributed by atoms with Gasteiger partial charge in [0, 0.05) is 22.6 Å². The fourth-order valence-corrected chi connectivity index (χ4v) is 2.67. The van der Waals surface area contributed by atoms with E-state index in [1.807, 2.05) is 0 Å². The van der Waals surface area contributed by atoms with Crippen molar-refractivity contribution >= 4 is 27.5 Å². The van der Waals surface area contributed by atoms with Gasteiger partial charge >= 0.3 is 0 Å². The maximum atomic E-state index is 12.5. The summed E-state index contributed by atoms with van der Waals surface area (Å²) in [6, 6.07) is 10.6. The zero-order valence-corrected chi connectivity index (χ0v) is 14.2. The van der Waals surface area contributed by atoms with Crippen molar-refractivity contribution in [3.05, 3.63) is 46.4 Å². The summed E-state index contributed by atoms with van der Waals surface area (Å²) in [5.41, 5.74) is 1.14. The highest BCUT2D eigenvalue weighted by Gasteiger charge is 2.15. The quantitative estimate of drug-likeness (QED) is 0.881. The fraction of sp³-hybridized carbons (Fsp3) is 0.235. The van der Waals surface area contributed by atoms with Crippen molar-refractivity contribution < 1.29 is 19.0 Å². The van der Waals surface area contributed by atoms with Gasteiger partial charge in [0.25, 0.3) is 5.91 Å². The third-order valence-corrected chi connectivity index (χ3v) is 4.12. The lowest BCUT2D eigenvalue weighted by Gasteiger charge is -2.11. The predicted molar refractivity (Wildman–Crippen MR) is 90.7 cm³/mol. The Balaban J connectivity index is 1.82.